The number of imide groups is 1. The predicted molar refractivity (Wildman–Crippen MR) is 126 cm³/mol. The molecule has 2 amide bonds. The van der Waals surface area contributed by atoms with Crippen molar-refractivity contribution in [2.45, 2.75) is 19.8 Å². The fourth-order valence-electron chi connectivity index (χ4n) is 5.32. The van der Waals surface area contributed by atoms with E-state index < -0.39 is 0 Å². The van der Waals surface area contributed by atoms with Crippen molar-refractivity contribution in [3.05, 3.63) is 60.4 Å². The molecule has 0 spiro atoms. The second-order valence-electron chi connectivity index (χ2n) is 8.89. The summed E-state index contributed by atoms with van der Waals surface area (Å²) in [6.45, 7) is 4.21. The van der Waals surface area contributed by atoms with Crippen LogP contribution in [0.2, 0.25) is 0 Å². The van der Waals surface area contributed by atoms with Crippen molar-refractivity contribution in [2.24, 2.45) is 28.7 Å². The van der Waals surface area contributed by atoms with E-state index in [0.29, 0.717) is 25.6 Å². The Morgan fingerprint density at radius 1 is 1.09 bits per heavy atom. The van der Waals surface area contributed by atoms with Crippen LogP contribution >= 0.6 is 0 Å². The van der Waals surface area contributed by atoms with Crippen LogP contribution in [0.3, 0.4) is 0 Å². The summed E-state index contributed by atoms with van der Waals surface area (Å²) >= 11 is 0. The number of guanidine groups is 1. The van der Waals surface area contributed by atoms with Crippen LogP contribution in [0.25, 0.3) is 5.69 Å². The number of allylic oxidation sites excluding steroid dienone is 2. The second-order valence-corrected chi connectivity index (χ2v) is 8.89. The zero-order chi connectivity index (χ0) is 22.8. The first-order valence-electron chi connectivity index (χ1n) is 11.8. The summed E-state index contributed by atoms with van der Waals surface area (Å²) in [5.41, 5.74) is 2.14. The van der Waals surface area contributed by atoms with Gasteiger partial charge in [0.25, 0.3) is 0 Å². The number of amides is 2. The lowest BCUT2D eigenvalue weighted by molar-refractivity contribution is -0.140. The SMILES string of the molecule is CCNC(=NCCc1cnn(-c2ccccc2)c1)NCCN1C(=O)C2C3C=CC(C3)C2C1=O. The summed E-state index contributed by atoms with van der Waals surface area (Å²) in [6, 6.07) is 10.0. The van der Waals surface area contributed by atoms with Gasteiger partial charge in [0.2, 0.25) is 11.8 Å². The van der Waals surface area contributed by atoms with Gasteiger partial charge < -0.3 is 10.6 Å². The van der Waals surface area contributed by atoms with Gasteiger partial charge in [0.1, 0.15) is 0 Å². The number of hydrogen-bond donors (Lipinski definition) is 2. The number of likely N-dealkylation sites (tertiary alicyclic amines) is 1. The Balaban J connectivity index is 1.12. The molecule has 5 rings (SSSR count). The molecule has 33 heavy (non-hydrogen) atoms. The van der Waals surface area contributed by atoms with Crippen LogP contribution in [-0.4, -0.2) is 58.6 Å². The predicted octanol–water partition coefficient (Wildman–Crippen LogP) is 1.78. The number of nitrogens with zero attached hydrogens (tertiary/aromatic N) is 4. The third-order valence-corrected chi connectivity index (χ3v) is 6.86. The first-order valence-corrected chi connectivity index (χ1v) is 11.8. The van der Waals surface area contributed by atoms with Gasteiger partial charge in [0.15, 0.2) is 5.96 Å². The lowest BCUT2D eigenvalue weighted by Gasteiger charge is -2.18. The fraction of sp³-hybridized carbons (Fsp3) is 0.440. The molecule has 2 bridgehead atoms. The lowest BCUT2D eigenvalue weighted by atomic mass is 9.85. The average molecular weight is 447 g/mol. The molecule has 2 fully saturated rings. The fourth-order valence-corrected chi connectivity index (χ4v) is 5.32. The van der Waals surface area contributed by atoms with E-state index in [9.17, 15) is 9.59 Å². The highest BCUT2D eigenvalue weighted by Crippen LogP contribution is 2.52. The molecule has 2 heterocycles. The number of aromatic nitrogens is 2. The molecule has 2 N–H and O–H groups in total. The monoisotopic (exact) mass is 446 g/mol. The van der Waals surface area contributed by atoms with Crippen molar-refractivity contribution < 1.29 is 9.59 Å². The Morgan fingerprint density at radius 3 is 2.52 bits per heavy atom. The standard InChI is InChI=1S/C25H30N6O2/c1-2-26-25(27-11-10-17-15-29-31(16-17)20-6-4-3-5-7-20)28-12-13-30-23(32)21-18-8-9-19(14-18)22(21)24(30)33/h3-9,15-16,18-19,21-22H,2,10-14H2,1H3,(H2,26,27,28). The van der Waals surface area contributed by atoms with E-state index in [2.05, 4.69) is 32.9 Å². The van der Waals surface area contributed by atoms with Crippen LogP contribution in [0.1, 0.15) is 18.9 Å². The van der Waals surface area contributed by atoms with E-state index in [1.54, 1.807) is 0 Å². The summed E-state index contributed by atoms with van der Waals surface area (Å²) in [4.78, 5) is 31.7. The highest BCUT2D eigenvalue weighted by molar-refractivity contribution is 6.06. The molecule has 1 aliphatic heterocycles. The summed E-state index contributed by atoms with van der Waals surface area (Å²) in [5, 5.41) is 10.9. The maximum absolute atomic E-state index is 12.8. The Labute approximate surface area is 193 Å². The van der Waals surface area contributed by atoms with Crippen molar-refractivity contribution in [3.8, 4) is 5.69 Å². The maximum atomic E-state index is 12.8. The van der Waals surface area contributed by atoms with Crippen LogP contribution < -0.4 is 10.6 Å². The molecule has 4 unspecified atom stereocenters. The van der Waals surface area contributed by atoms with Crippen molar-refractivity contribution in [1.82, 2.24) is 25.3 Å². The minimum atomic E-state index is -0.133. The summed E-state index contributed by atoms with van der Waals surface area (Å²) in [5.74, 6) is 0.924. The Hall–Kier alpha value is -3.42. The van der Waals surface area contributed by atoms with Gasteiger partial charge in [-0.25, -0.2) is 4.68 Å². The van der Waals surface area contributed by atoms with Crippen LogP contribution in [0, 0.1) is 23.7 Å². The lowest BCUT2D eigenvalue weighted by Crippen LogP contribution is -2.43. The van der Waals surface area contributed by atoms with Crippen LogP contribution in [0.5, 0.6) is 0 Å². The largest absolute Gasteiger partial charge is 0.357 e. The van der Waals surface area contributed by atoms with Crippen molar-refractivity contribution in [1.29, 1.82) is 0 Å². The van der Waals surface area contributed by atoms with Gasteiger partial charge in [0.05, 0.1) is 23.7 Å². The zero-order valence-electron chi connectivity index (χ0n) is 18.9. The van der Waals surface area contributed by atoms with Crippen LogP contribution in [0.4, 0.5) is 0 Å². The summed E-state index contributed by atoms with van der Waals surface area (Å²) < 4.78 is 1.86. The Morgan fingerprint density at radius 2 is 1.82 bits per heavy atom. The first kappa shape index (κ1) is 21.4. The van der Waals surface area contributed by atoms with Gasteiger partial charge >= 0.3 is 0 Å². The zero-order valence-corrected chi connectivity index (χ0v) is 18.9. The highest BCUT2D eigenvalue weighted by Gasteiger charge is 2.58. The number of carbonyl (C=O) groups is 2. The number of para-hydroxylation sites is 1. The van der Waals surface area contributed by atoms with E-state index in [4.69, 9.17) is 0 Å². The number of aliphatic imine (C=N–C) groups is 1. The van der Waals surface area contributed by atoms with Gasteiger partial charge in [0, 0.05) is 32.4 Å². The minimum Gasteiger partial charge on any atom is -0.357 e. The number of nitrogens with one attached hydrogen (secondary N) is 2. The molecule has 0 radical (unpaired) electrons. The molecule has 4 atom stereocenters. The average Bonchev–Trinajstić information content (AvgIpc) is 3.61. The van der Waals surface area contributed by atoms with Gasteiger partial charge in [-0.1, -0.05) is 30.4 Å². The topological polar surface area (TPSA) is 91.6 Å². The van der Waals surface area contributed by atoms with Crippen molar-refractivity contribution >= 4 is 17.8 Å². The summed E-state index contributed by atoms with van der Waals surface area (Å²) in [7, 11) is 0. The molecular formula is C25H30N6O2. The Bertz CT molecular complexity index is 1050. The quantitative estimate of drug-likeness (QED) is 0.279. The molecule has 8 heteroatoms. The first-order chi connectivity index (χ1) is 16.2. The van der Waals surface area contributed by atoms with Crippen LogP contribution in [-0.2, 0) is 16.0 Å². The van der Waals surface area contributed by atoms with E-state index in [-0.39, 0.29) is 35.5 Å². The molecule has 1 aromatic heterocycles. The molecule has 1 saturated heterocycles. The van der Waals surface area contributed by atoms with Crippen molar-refractivity contribution in [3.63, 3.8) is 0 Å². The van der Waals surface area contributed by atoms with E-state index in [1.165, 1.54) is 4.90 Å². The Kier molecular flexibility index (Phi) is 5.98. The van der Waals surface area contributed by atoms with E-state index >= 15 is 0 Å². The van der Waals surface area contributed by atoms with Gasteiger partial charge in [-0.05, 0) is 49.3 Å². The van der Waals surface area contributed by atoms with Crippen molar-refractivity contribution in [2.75, 3.05) is 26.2 Å². The normalized spacial score (nSPS) is 25.7. The maximum Gasteiger partial charge on any atom is 0.233 e. The number of rotatable bonds is 8. The molecule has 172 valence electrons. The minimum absolute atomic E-state index is 0.000942. The van der Waals surface area contributed by atoms with E-state index in [1.807, 2.05) is 54.3 Å². The van der Waals surface area contributed by atoms with Crippen LogP contribution in [0.15, 0.2) is 59.9 Å². The third kappa shape index (κ3) is 4.17. The molecule has 8 nitrogen and oxygen atoms in total. The smallest absolute Gasteiger partial charge is 0.233 e. The van der Waals surface area contributed by atoms with Gasteiger partial charge in [-0.15, -0.1) is 0 Å². The number of benzene rings is 1. The number of carbonyl (C=O) groups excluding carboxylic acids is 2. The number of fused-ring (bicyclic) bond motifs is 5. The summed E-state index contributed by atoms with van der Waals surface area (Å²) in [6.07, 6.45) is 9.86. The molecule has 1 saturated carbocycles. The third-order valence-electron chi connectivity index (χ3n) is 6.86. The molecule has 1 aromatic carbocycles. The van der Waals surface area contributed by atoms with E-state index in [0.717, 1.165) is 30.6 Å². The molecule has 2 aromatic rings. The molecule has 3 aliphatic rings. The van der Waals surface area contributed by atoms with Gasteiger partial charge in [-0.3, -0.25) is 19.5 Å². The highest BCUT2D eigenvalue weighted by atomic mass is 16.2. The number of hydrogen-bond acceptors (Lipinski definition) is 4. The second kappa shape index (κ2) is 9.21. The molecular weight excluding hydrogens is 416 g/mol. The molecule has 2 aliphatic carbocycles. The van der Waals surface area contributed by atoms with Gasteiger partial charge in [-0.2, -0.15) is 5.10 Å².